The third-order valence-corrected chi connectivity index (χ3v) is 3.63. The molecule has 6 nitrogen and oxygen atoms in total. The van der Waals surface area contributed by atoms with Crippen LogP contribution in [0.5, 0.6) is 0 Å². The maximum Gasteiger partial charge on any atom is 0.178 e. The van der Waals surface area contributed by atoms with E-state index < -0.39 is 0 Å². The highest BCUT2D eigenvalue weighted by Crippen LogP contribution is 2.24. The van der Waals surface area contributed by atoms with Gasteiger partial charge in [-0.05, 0) is 25.1 Å². The predicted octanol–water partition coefficient (Wildman–Crippen LogP) is 3.37. The largest absolute Gasteiger partial charge is 0.235 e. The molecule has 3 aromatic heterocycles. The van der Waals surface area contributed by atoms with Crippen molar-refractivity contribution in [3.8, 4) is 34.4 Å². The molecule has 0 N–H and O–H groups in total. The molecule has 0 radical (unpaired) electrons. The smallest absolute Gasteiger partial charge is 0.178 e. The zero-order valence-corrected chi connectivity index (χ0v) is 13.5. The van der Waals surface area contributed by atoms with Crippen LogP contribution in [0.3, 0.4) is 0 Å². The second-order valence-electron chi connectivity index (χ2n) is 5.47. The van der Waals surface area contributed by atoms with Crippen LogP contribution in [0.4, 0.5) is 0 Å². The Bertz CT molecular complexity index is 928. The quantitative estimate of drug-likeness (QED) is 0.574. The van der Waals surface area contributed by atoms with E-state index in [-0.39, 0.29) is 0 Å². The van der Waals surface area contributed by atoms with Crippen LogP contribution in [-0.2, 0) is 0 Å². The minimum atomic E-state index is 0.537. The summed E-state index contributed by atoms with van der Waals surface area (Å²) in [5, 5.41) is 0. The number of hydrogen-bond donors (Lipinski definition) is 0. The summed E-state index contributed by atoms with van der Waals surface area (Å²) in [4.78, 5) is 26.4. The Labute approximate surface area is 144 Å². The third-order valence-electron chi connectivity index (χ3n) is 3.63. The maximum absolute atomic E-state index is 4.64. The number of benzene rings is 1. The summed E-state index contributed by atoms with van der Waals surface area (Å²) in [6.07, 6.45) is 6.76. The van der Waals surface area contributed by atoms with Gasteiger partial charge in [0, 0.05) is 30.4 Å². The first-order chi connectivity index (χ1) is 12.3. The van der Waals surface area contributed by atoms with Gasteiger partial charge in [-0.2, -0.15) is 0 Å². The topological polar surface area (TPSA) is 77.3 Å². The van der Waals surface area contributed by atoms with Gasteiger partial charge in [0.1, 0.15) is 11.4 Å². The zero-order valence-electron chi connectivity index (χ0n) is 13.5. The number of nitrogens with zero attached hydrogens (tertiary/aromatic N) is 6. The Hall–Kier alpha value is -3.54. The van der Waals surface area contributed by atoms with Gasteiger partial charge in [0.2, 0.25) is 0 Å². The van der Waals surface area contributed by atoms with Crippen molar-refractivity contribution in [2.45, 2.75) is 6.92 Å². The molecule has 0 aliphatic carbocycles. The van der Waals surface area contributed by atoms with E-state index in [9.17, 15) is 0 Å². The van der Waals surface area contributed by atoms with Gasteiger partial charge >= 0.3 is 0 Å². The lowest BCUT2D eigenvalue weighted by atomic mass is 10.1. The number of aryl methyl sites for hydroxylation is 1. The average Bonchev–Trinajstić information content (AvgIpc) is 2.69. The standard InChI is InChI=1S/C19H14N6/c1-13-4-6-14(7-5-13)17-24-15(18-20-8-2-9-21-18)12-16(25-17)19-22-10-3-11-23-19/h2-12H,1H3. The summed E-state index contributed by atoms with van der Waals surface area (Å²) in [5.74, 6) is 1.67. The molecule has 0 bridgehead atoms. The highest BCUT2D eigenvalue weighted by molar-refractivity contribution is 5.66. The normalized spacial score (nSPS) is 10.6. The first kappa shape index (κ1) is 15.0. The molecule has 0 saturated heterocycles. The minimum absolute atomic E-state index is 0.537. The molecule has 3 heterocycles. The summed E-state index contributed by atoms with van der Waals surface area (Å²) in [6.45, 7) is 2.04. The van der Waals surface area contributed by atoms with Crippen molar-refractivity contribution in [2.24, 2.45) is 0 Å². The second-order valence-corrected chi connectivity index (χ2v) is 5.47. The summed E-state index contributed by atoms with van der Waals surface area (Å²) in [7, 11) is 0. The molecule has 0 spiro atoms. The van der Waals surface area contributed by atoms with Crippen LogP contribution < -0.4 is 0 Å². The van der Waals surface area contributed by atoms with Gasteiger partial charge in [0.05, 0.1) is 0 Å². The van der Waals surface area contributed by atoms with Crippen molar-refractivity contribution < 1.29 is 0 Å². The Kier molecular flexibility index (Phi) is 3.92. The molecule has 0 amide bonds. The van der Waals surface area contributed by atoms with Gasteiger partial charge in [-0.3, -0.25) is 0 Å². The molecule has 4 aromatic rings. The Morgan fingerprint density at radius 2 is 1.08 bits per heavy atom. The number of hydrogen-bond acceptors (Lipinski definition) is 6. The van der Waals surface area contributed by atoms with Crippen LogP contribution in [0.15, 0.2) is 67.3 Å². The van der Waals surface area contributed by atoms with E-state index in [4.69, 9.17) is 0 Å². The Balaban J connectivity index is 1.90. The molecule has 0 fully saturated rings. The molecule has 0 atom stereocenters. The number of aromatic nitrogens is 6. The van der Waals surface area contributed by atoms with Crippen molar-refractivity contribution in [1.82, 2.24) is 29.9 Å². The summed E-state index contributed by atoms with van der Waals surface area (Å²) in [5.41, 5.74) is 3.36. The van der Waals surface area contributed by atoms with Crippen LogP contribution in [0.1, 0.15) is 5.56 Å². The van der Waals surface area contributed by atoms with E-state index in [1.54, 1.807) is 36.9 Å². The van der Waals surface area contributed by atoms with Crippen LogP contribution in [-0.4, -0.2) is 29.9 Å². The molecule has 6 heteroatoms. The van der Waals surface area contributed by atoms with Crippen molar-refractivity contribution >= 4 is 0 Å². The van der Waals surface area contributed by atoms with Crippen molar-refractivity contribution in [1.29, 1.82) is 0 Å². The van der Waals surface area contributed by atoms with Crippen LogP contribution in [0, 0.1) is 6.92 Å². The monoisotopic (exact) mass is 326 g/mol. The van der Waals surface area contributed by atoms with Gasteiger partial charge < -0.3 is 0 Å². The molecule has 4 rings (SSSR count). The fourth-order valence-electron chi connectivity index (χ4n) is 2.37. The van der Waals surface area contributed by atoms with Crippen molar-refractivity contribution in [3.05, 3.63) is 72.8 Å². The molecular weight excluding hydrogens is 312 g/mol. The summed E-state index contributed by atoms with van der Waals surface area (Å²) >= 11 is 0. The Morgan fingerprint density at radius 3 is 1.56 bits per heavy atom. The highest BCUT2D eigenvalue weighted by Gasteiger charge is 2.13. The average molecular weight is 326 g/mol. The molecule has 25 heavy (non-hydrogen) atoms. The third kappa shape index (κ3) is 3.23. The first-order valence-corrected chi connectivity index (χ1v) is 7.80. The van der Waals surface area contributed by atoms with Gasteiger partial charge in [0.15, 0.2) is 17.5 Å². The fraction of sp³-hybridized carbons (Fsp3) is 0.0526. The fourth-order valence-corrected chi connectivity index (χ4v) is 2.37. The summed E-state index contributed by atoms with van der Waals surface area (Å²) < 4.78 is 0. The van der Waals surface area contributed by atoms with Crippen molar-refractivity contribution in [3.63, 3.8) is 0 Å². The zero-order chi connectivity index (χ0) is 17.1. The van der Waals surface area contributed by atoms with Gasteiger partial charge in [-0.1, -0.05) is 29.8 Å². The first-order valence-electron chi connectivity index (χ1n) is 7.80. The SMILES string of the molecule is Cc1ccc(-c2nc(-c3ncccn3)cc(-c3ncccn3)n2)cc1. The van der Waals surface area contributed by atoms with E-state index in [0.717, 1.165) is 5.56 Å². The van der Waals surface area contributed by atoms with Gasteiger partial charge in [0.25, 0.3) is 0 Å². The molecule has 0 saturated carbocycles. The lowest BCUT2D eigenvalue weighted by Crippen LogP contribution is -1.99. The minimum Gasteiger partial charge on any atom is -0.235 e. The molecule has 120 valence electrons. The van der Waals surface area contributed by atoms with Crippen LogP contribution >= 0.6 is 0 Å². The van der Waals surface area contributed by atoms with Crippen LogP contribution in [0.25, 0.3) is 34.4 Å². The number of rotatable bonds is 3. The van der Waals surface area contributed by atoms with E-state index in [1.165, 1.54) is 5.56 Å². The summed E-state index contributed by atoms with van der Waals surface area (Å²) in [6, 6.07) is 13.4. The lowest BCUT2D eigenvalue weighted by Gasteiger charge is -2.07. The molecular formula is C19H14N6. The van der Waals surface area contributed by atoms with E-state index in [0.29, 0.717) is 28.9 Å². The van der Waals surface area contributed by atoms with E-state index in [2.05, 4.69) is 29.9 Å². The lowest BCUT2D eigenvalue weighted by molar-refractivity contribution is 1.08. The molecule has 0 unspecified atom stereocenters. The van der Waals surface area contributed by atoms with Gasteiger partial charge in [-0.25, -0.2) is 29.9 Å². The maximum atomic E-state index is 4.64. The van der Waals surface area contributed by atoms with Crippen LogP contribution in [0.2, 0.25) is 0 Å². The van der Waals surface area contributed by atoms with E-state index >= 15 is 0 Å². The van der Waals surface area contributed by atoms with Gasteiger partial charge in [-0.15, -0.1) is 0 Å². The van der Waals surface area contributed by atoms with Crippen molar-refractivity contribution in [2.75, 3.05) is 0 Å². The highest BCUT2D eigenvalue weighted by atomic mass is 15.0. The molecule has 0 aliphatic heterocycles. The molecule has 1 aromatic carbocycles. The second kappa shape index (κ2) is 6.52. The molecule has 0 aliphatic rings. The predicted molar refractivity (Wildman–Crippen MR) is 94.3 cm³/mol. The Morgan fingerprint density at radius 1 is 0.600 bits per heavy atom. The van der Waals surface area contributed by atoms with E-state index in [1.807, 2.05) is 37.3 Å².